The minimum Gasteiger partial charge on any atom is -0.380 e. The van der Waals surface area contributed by atoms with E-state index < -0.39 is 0 Å². The van der Waals surface area contributed by atoms with Crippen molar-refractivity contribution in [2.75, 3.05) is 7.11 Å². The van der Waals surface area contributed by atoms with Crippen LogP contribution in [-0.4, -0.2) is 17.3 Å². The Bertz CT molecular complexity index is 440. The molecule has 0 atom stereocenters. The second kappa shape index (κ2) is 6.18. The Hall–Kier alpha value is -1.65. The number of H-pyrrole nitrogens is 1. The van der Waals surface area contributed by atoms with Crippen molar-refractivity contribution >= 4 is 0 Å². The van der Waals surface area contributed by atoms with Crippen molar-refractivity contribution in [2.24, 2.45) is 0 Å². The zero-order chi connectivity index (χ0) is 11.9. The molecule has 4 heteroatoms. The number of nitrogens with one attached hydrogen (secondary N) is 2. The van der Waals surface area contributed by atoms with Crippen LogP contribution in [0.3, 0.4) is 0 Å². The first-order valence-corrected chi connectivity index (χ1v) is 5.65. The number of aromatic amines is 1. The standard InChI is InChI=1S/C13H17N3O/c1-17-10-12-5-3-2-4-11(12)8-14-9-13-6-7-15-16-13/h2-7,14H,8-10H2,1H3,(H,15,16). The van der Waals surface area contributed by atoms with Gasteiger partial charge in [-0.2, -0.15) is 5.10 Å². The van der Waals surface area contributed by atoms with Crippen LogP contribution >= 0.6 is 0 Å². The summed E-state index contributed by atoms with van der Waals surface area (Å²) in [5.74, 6) is 0. The smallest absolute Gasteiger partial charge is 0.0716 e. The van der Waals surface area contributed by atoms with Crippen LogP contribution in [0.1, 0.15) is 16.8 Å². The van der Waals surface area contributed by atoms with Crippen LogP contribution < -0.4 is 5.32 Å². The van der Waals surface area contributed by atoms with Gasteiger partial charge in [-0.15, -0.1) is 0 Å². The van der Waals surface area contributed by atoms with Gasteiger partial charge < -0.3 is 10.1 Å². The average Bonchev–Trinajstić information content (AvgIpc) is 2.85. The van der Waals surface area contributed by atoms with E-state index in [0.29, 0.717) is 6.61 Å². The Morgan fingerprint density at radius 1 is 1.18 bits per heavy atom. The number of methoxy groups -OCH3 is 1. The second-order valence-electron chi connectivity index (χ2n) is 3.89. The lowest BCUT2D eigenvalue weighted by molar-refractivity contribution is 0.184. The summed E-state index contributed by atoms with van der Waals surface area (Å²) in [7, 11) is 1.72. The number of aromatic nitrogens is 2. The van der Waals surface area contributed by atoms with Gasteiger partial charge in [-0.05, 0) is 17.2 Å². The van der Waals surface area contributed by atoms with E-state index in [4.69, 9.17) is 4.74 Å². The predicted octanol–water partition coefficient (Wildman–Crippen LogP) is 1.85. The third-order valence-corrected chi connectivity index (χ3v) is 2.61. The first kappa shape index (κ1) is 11.8. The molecule has 1 heterocycles. The van der Waals surface area contributed by atoms with E-state index in [1.165, 1.54) is 11.1 Å². The summed E-state index contributed by atoms with van der Waals surface area (Å²) in [5.41, 5.74) is 3.59. The highest BCUT2D eigenvalue weighted by molar-refractivity contribution is 5.26. The minimum atomic E-state index is 0.655. The van der Waals surface area contributed by atoms with Gasteiger partial charge in [0.25, 0.3) is 0 Å². The molecule has 2 aromatic rings. The molecule has 0 saturated heterocycles. The van der Waals surface area contributed by atoms with E-state index in [2.05, 4.69) is 27.6 Å². The summed E-state index contributed by atoms with van der Waals surface area (Å²) in [5, 5.41) is 10.2. The van der Waals surface area contributed by atoms with Gasteiger partial charge >= 0.3 is 0 Å². The van der Waals surface area contributed by atoms with Gasteiger partial charge in [0, 0.05) is 32.1 Å². The highest BCUT2D eigenvalue weighted by Crippen LogP contribution is 2.09. The summed E-state index contributed by atoms with van der Waals surface area (Å²) in [4.78, 5) is 0. The van der Waals surface area contributed by atoms with Crippen LogP contribution in [0.5, 0.6) is 0 Å². The first-order chi connectivity index (χ1) is 8.40. The fourth-order valence-electron chi connectivity index (χ4n) is 1.74. The van der Waals surface area contributed by atoms with E-state index in [-0.39, 0.29) is 0 Å². The molecule has 0 bridgehead atoms. The van der Waals surface area contributed by atoms with E-state index in [1.54, 1.807) is 13.3 Å². The van der Waals surface area contributed by atoms with Gasteiger partial charge in [0.15, 0.2) is 0 Å². The molecule has 0 spiro atoms. The second-order valence-corrected chi connectivity index (χ2v) is 3.89. The molecule has 0 aliphatic carbocycles. The largest absolute Gasteiger partial charge is 0.380 e. The molecule has 0 fully saturated rings. The molecule has 4 nitrogen and oxygen atoms in total. The van der Waals surface area contributed by atoms with Crippen molar-refractivity contribution in [3.63, 3.8) is 0 Å². The van der Waals surface area contributed by atoms with Crippen LogP contribution in [0.2, 0.25) is 0 Å². The molecular formula is C13H17N3O. The molecule has 0 radical (unpaired) electrons. The zero-order valence-corrected chi connectivity index (χ0v) is 9.94. The van der Waals surface area contributed by atoms with Gasteiger partial charge in [-0.25, -0.2) is 0 Å². The molecule has 0 amide bonds. The van der Waals surface area contributed by atoms with Gasteiger partial charge in [-0.1, -0.05) is 24.3 Å². The predicted molar refractivity (Wildman–Crippen MR) is 66.3 cm³/mol. The topological polar surface area (TPSA) is 49.9 Å². The Morgan fingerprint density at radius 3 is 2.71 bits per heavy atom. The van der Waals surface area contributed by atoms with Gasteiger partial charge in [0.1, 0.15) is 0 Å². The summed E-state index contributed by atoms with van der Waals surface area (Å²) >= 11 is 0. The lowest BCUT2D eigenvalue weighted by atomic mass is 10.1. The molecular weight excluding hydrogens is 214 g/mol. The normalized spacial score (nSPS) is 10.6. The van der Waals surface area contributed by atoms with E-state index in [1.807, 2.05) is 18.2 Å². The van der Waals surface area contributed by atoms with Gasteiger partial charge in [0.05, 0.1) is 6.61 Å². The Kier molecular flexibility index (Phi) is 4.30. The molecule has 0 saturated carbocycles. The Labute approximate surface area is 101 Å². The summed E-state index contributed by atoms with van der Waals surface area (Å²) in [6.45, 7) is 2.28. The SMILES string of the molecule is COCc1ccccc1CNCc1ccn[nH]1. The Balaban J connectivity index is 1.89. The third-order valence-electron chi connectivity index (χ3n) is 2.61. The monoisotopic (exact) mass is 231 g/mol. The number of hydrogen-bond donors (Lipinski definition) is 2. The lowest BCUT2D eigenvalue weighted by Crippen LogP contribution is -2.14. The molecule has 2 rings (SSSR count). The highest BCUT2D eigenvalue weighted by Gasteiger charge is 2.01. The summed E-state index contributed by atoms with van der Waals surface area (Å²) in [6.07, 6.45) is 1.76. The van der Waals surface area contributed by atoms with Crippen LogP contribution in [0.15, 0.2) is 36.5 Å². The average molecular weight is 231 g/mol. The molecule has 0 aliphatic heterocycles. The van der Waals surface area contributed by atoms with Crippen molar-refractivity contribution in [3.8, 4) is 0 Å². The van der Waals surface area contributed by atoms with Crippen LogP contribution in [0, 0.1) is 0 Å². The summed E-state index contributed by atoms with van der Waals surface area (Å²) in [6, 6.07) is 10.3. The van der Waals surface area contributed by atoms with Crippen LogP contribution in [0.25, 0.3) is 0 Å². The molecule has 17 heavy (non-hydrogen) atoms. The molecule has 2 N–H and O–H groups in total. The summed E-state index contributed by atoms with van der Waals surface area (Å²) < 4.78 is 5.18. The lowest BCUT2D eigenvalue weighted by Gasteiger charge is -2.09. The van der Waals surface area contributed by atoms with Crippen molar-refractivity contribution in [1.29, 1.82) is 0 Å². The molecule has 0 unspecified atom stereocenters. The maximum atomic E-state index is 5.18. The van der Waals surface area contributed by atoms with Gasteiger partial charge in [0.2, 0.25) is 0 Å². The molecule has 90 valence electrons. The van der Waals surface area contributed by atoms with Crippen molar-refractivity contribution in [3.05, 3.63) is 53.3 Å². The fraction of sp³-hybridized carbons (Fsp3) is 0.308. The van der Waals surface area contributed by atoms with Gasteiger partial charge in [-0.3, -0.25) is 5.10 Å². The Morgan fingerprint density at radius 2 is 2.00 bits per heavy atom. The van der Waals surface area contributed by atoms with Crippen molar-refractivity contribution in [1.82, 2.24) is 15.5 Å². The van der Waals surface area contributed by atoms with Crippen molar-refractivity contribution in [2.45, 2.75) is 19.7 Å². The number of rotatable bonds is 6. The van der Waals surface area contributed by atoms with E-state index in [0.717, 1.165) is 18.8 Å². The molecule has 0 aliphatic rings. The van der Waals surface area contributed by atoms with E-state index >= 15 is 0 Å². The van der Waals surface area contributed by atoms with Crippen LogP contribution in [0.4, 0.5) is 0 Å². The maximum absolute atomic E-state index is 5.18. The van der Waals surface area contributed by atoms with Crippen LogP contribution in [-0.2, 0) is 24.4 Å². The van der Waals surface area contributed by atoms with E-state index in [9.17, 15) is 0 Å². The van der Waals surface area contributed by atoms with Crippen molar-refractivity contribution < 1.29 is 4.74 Å². The first-order valence-electron chi connectivity index (χ1n) is 5.65. The number of benzene rings is 1. The third kappa shape index (κ3) is 3.41. The number of hydrogen-bond acceptors (Lipinski definition) is 3. The number of nitrogens with zero attached hydrogens (tertiary/aromatic N) is 1. The fourth-order valence-corrected chi connectivity index (χ4v) is 1.74. The number of ether oxygens (including phenoxy) is 1. The molecule has 1 aromatic carbocycles. The molecule has 1 aromatic heterocycles. The maximum Gasteiger partial charge on any atom is 0.0716 e. The highest BCUT2D eigenvalue weighted by atomic mass is 16.5. The minimum absolute atomic E-state index is 0.655. The quantitative estimate of drug-likeness (QED) is 0.797. The zero-order valence-electron chi connectivity index (χ0n) is 9.94.